The Morgan fingerprint density at radius 1 is 1.07 bits per heavy atom. The average molecular weight is 425 g/mol. The van der Waals surface area contributed by atoms with Gasteiger partial charge in [-0.15, -0.1) is 0 Å². The molecule has 0 saturated carbocycles. The zero-order chi connectivity index (χ0) is 19.6. The number of halogens is 2. The first kappa shape index (κ1) is 21.5. The SMILES string of the molecule is CCCCCCOc1ccc(C(=O)NC(=S)Nc2cc(Cl)ccc2Cl)cc1. The molecule has 7 heteroatoms. The quantitative estimate of drug-likeness (QED) is 0.398. The molecule has 0 heterocycles. The van der Waals surface area contributed by atoms with Crippen molar-refractivity contribution < 1.29 is 9.53 Å². The predicted molar refractivity (Wildman–Crippen MR) is 116 cm³/mol. The van der Waals surface area contributed by atoms with E-state index in [1.165, 1.54) is 12.8 Å². The second-order valence-corrected chi connectivity index (χ2v) is 7.22. The minimum atomic E-state index is -0.319. The van der Waals surface area contributed by atoms with E-state index < -0.39 is 0 Å². The first-order valence-corrected chi connectivity index (χ1v) is 9.96. The van der Waals surface area contributed by atoms with E-state index >= 15 is 0 Å². The van der Waals surface area contributed by atoms with Crippen LogP contribution in [0.4, 0.5) is 5.69 Å². The second-order valence-electron chi connectivity index (χ2n) is 5.97. The fourth-order valence-electron chi connectivity index (χ4n) is 2.34. The zero-order valence-corrected chi connectivity index (χ0v) is 17.4. The summed E-state index contributed by atoms with van der Waals surface area (Å²) < 4.78 is 5.67. The number of carbonyl (C=O) groups is 1. The van der Waals surface area contributed by atoms with Gasteiger partial charge in [-0.3, -0.25) is 10.1 Å². The summed E-state index contributed by atoms with van der Waals surface area (Å²) >= 11 is 17.2. The van der Waals surface area contributed by atoms with Crippen LogP contribution < -0.4 is 15.4 Å². The normalized spacial score (nSPS) is 10.3. The second kappa shape index (κ2) is 11.1. The maximum absolute atomic E-state index is 12.3. The number of anilines is 1. The fourth-order valence-corrected chi connectivity index (χ4v) is 2.88. The van der Waals surface area contributed by atoms with Crippen LogP contribution in [0.2, 0.25) is 10.0 Å². The van der Waals surface area contributed by atoms with Gasteiger partial charge in [-0.05, 0) is 61.1 Å². The topological polar surface area (TPSA) is 50.4 Å². The van der Waals surface area contributed by atoms with E-state index in [1.807, 2.05) is 0 Å². The summed E-state index contributed by atoms with van der Waals surface area (Å²) in [6.45, 7) is 2.86. The number of ether oxygens (including phenoxy) is 1. The van der Waals surface area contributed by atoms with E-state index in [0.29, 0.717) is 27.9 Å². The molecule has 0 radical (unpaired) electrons. The fraction of sp³-hybridized carbons (Fsp3) is 0.300. The minimum absolute atomic E-state index is 0.139. The number of rotatable bonds is 8. The molecule has 0 aliphatic heterocycles. The van der Waals surface area contributed by atoms with Crippen molar-refractivity contribution in [1.82, 2.24) is 5.32 Å². The highest BCUT2D eigenvalue weighted by molar-refractivity contribution is 7.80. The smallest absolute Gasteiger partial charge is 0.257 e. The van der Waals surface area contributed by atoms with E-state index in [-0.39, 0.29) is 11.0 Å². The average Bonchev–Trinajstić information content (AvgIpc) is 2.65. The van der Waals surface area contributed by atoms with Crippen LogP contribution in [0.5, 0.6) is 5.75 Å². The molecule has 2 aromatic carbocycles. The molecule has 0 unspecified atom stereocenters. The first-order valence-electron chi connectivity index (χ1n) is 8.80. The molecule has 27 heavy (non-hydrogen) atoms. The van der Waals surface area contributed by atoms with Crippen molar-refractivity contribution in [2.45, 2.75) is 32.6 Å². The van der Waals surface area contributed by atoms with Crippen molar-refractivity contribution in [1.29, 1.82) is 0 Å². The number of thiocarbonyl (C=S) groups is 1. The maximum Gasteiger partial charge on any atom is 0.257 e. The van der Waals surface area contributed by atoms with Gasteiger partial charge >= 0.3 is 0 Å². The molecule has 0 aromatic heterocycles. The minimum Gasteiger partial charge on any atom is -0.494 e. The highest BCUT2D eigenvalue weighted by Crippen LogP contribution is 2.25. The molecule has 0 atom stereocenters. The van der Waals surface area contributed by atoms with Gasteiger partial charge in [0.2, 0.25) is 0 Å². The van der Waals surface area contributed by atoms with Crippen molar-refractivity contribution in [2.24, 2.45) is 0 Å². The predicted octanol–water partition coefficient (Wildman–Crippen LogP) is 6.08. The highest BCUT2D eigenvalue weighted by Gasteiger charge is 2.10. The van der Waals surface area contributed by atoms with Gasteiger partial charge in [-0.25, -0.2) is 0 Å². The largest absolute Gasteiger partial charge is 0.494 e. The van der Waals surface area contributed by atoms with Crippen LogP contribution in [0.25, 0.3) is 0 Å². The van der Waals surface area contributed by atoms with E-state index in [9.17, 15) is 4.79 Å². The van der Waals surface area contributed by atoms with Crippen LogP contribution in [0.15, 0.2) is 42.5 Å². The molecular formula is C20H22Cl2N2O2S. The Hall–Kier alpha value is -1.82. The Labute approximate surface area is 175 Å². The Bertz CT molecular complexity index is 782. The molecule has 2 rings (SSSR count). The van der Waals surface area contributed by atoms with Gasteiger partial charge in [0.05, 0.1) is 17.3 Å². The lowest BCUT2D eigenvalue weighted by atomic mass is 10.2. The Morgan fingerprint density at radius 2 is 1.81 bits per heavy atom. The third kappa shape index (κ3) is 7.37. The summed E-state index contributed by atoms with van der Waals surface area (Å²) in [6, 6.07) is 11.9. The summed E-state index contributed by atoms with van der Waals surface area (Å²) in [6.07, 6.45) is 4.61. The van der Waals surface area contributed by atoms with Gasteiger partial charge in [0.1, 0.15) is 5.75 Å². The Balaban J connectivity index is 1.84. The molecule has 0 fully saturated rings. The third-order valence-corrected chi connectivity index (χ3v) is 4.56. The summed E-state index contributed by atoms with van der Waals surface area (Å²) in [5.74, 6) is 0.426. The van der Waals surface area contributed by atoms with Gasteiger partial charge in [-0.2, -0.15) is 0 Å². The molecule has 4 nitrogen and oxygen atoms in total. The molecule has 2 aromatic rings. The third-order valence-electron chi connectivity index (χ3n) is 3.79. The number of benzene rings is 2. The molecule has 0 bridgehead atoms. The van der Waals surface area contributed by atoms with Gasteiger partial charge in [0, 0.05) is 10.6 Å². The van der Waals surface area contributed by atoms with Crippen molar-refractivity contribution in [3.8, 4) is 5.75 Å². The zero-order valence-electron chi connectivity index (χ0n) is 15.1. The van der Waals surface area contributed by atoms with Crippen molar-refractivity contribution in [3.05, 3.63) is 58.1 Å². The monoisotopic (exact) mass is 424 g/mol. The summed E-state index contributed by atoms with van der Waals surface area (Å²) in [5.41, 5.74) is 1.01. The summed E-state index contributed by atoms with van der Waals surface area (Å²) in [7, 11) is 0. The highest BCUT2D eigenvalue weighted by atomic mass is 35.5. The number of amides is 1. The van der Waals surface area contributed by atoms with Crippen molar-refractivity contribution in [3.63, 3.8) is 0 Å². The van der Waals surface area contributed by atoms with Crippen LogP contribution in [0.1, 0.15) is 43.0 Å². The first-order chi connectivity index (χ1) is 13.0. The van der Waals surface area contributed by atoms with E-state index in [2.05, 4.69) is 17.6 Å². The van der Waals surface area contributed by atoms with E-state index in [0.717, 1.165) is 18.6 Å². The maximum atomic E-state index is 12.3. The number of nitrogens with one attached hydrogen (secondary N) is 2. The van der Waals surface area contributed by atoms with Crippen molar-refractivity contribution in [2.75, 3.05) is 11.9 Å². The number of hydrogen-bond donors (Lipinski definition) is 2. The van der Waals surface area contributed by atoms with Gasteiger partial charge in [0.25, 0.3) is 5.91 Å². The Kier molecular flexibility index (Phi) is 8.85. The Morgan fingerprint density at radius 3 is 2.52 bits per heavy atom. The summed E-state index contributed by atoms with van der Waals surface area (Å²) in [4.78, 5) is 12.3. The molecule has 0 aliphatic rings. The summed E-state index contributed by atoms with van der Waals surface area (Å²) in [5, 5.41) is 6.59. The number of carbonyl (C=O) groups excluding carboxylic acids is 1. The van der Waals surface area contributed by atoms with Gasteiger partial charge in [-0.1, -0.05) is 49.4 Å². The van der Waals surface area contributed by atoms with Crippen LogP contribution in [0, 0.1) is 0 Å². The van der Waals surface area contributed by atoms with Gasteiger partial charge in [0.15, 0.2) is 5.11 Å². The number of unbranched alkanes of at least 4 members (excludes halogenated alkanes) is 3. The molecule has 0 aliphatic carbocycles. The van der Waals surface area contributed by atoms with Crippen LogP contribution >= 0.6 is 35.4 Å². The molecule has 0 spiro atoms. The van der Waals surface area contributed by atoms with Crippen molar-refractivity contribution >= 4 is 52.1 Å². The van der Waals surface area contributed by atoms with Gasteiger partial charge < -0.3 is 10.1 Å². The van der Waals surface area contributed by atoms with Crippen LogP contribution in [-0.4, -0.2) is 17.6 Å². The number of hydrogen-bond acceptors (Lipinski definition) is 3. The molecule has 144 valence electrons. The lowest BCUT2D eigenvalue weighted by molar-refractivity contribution is 0.0977. The molecule has 2 N–H and O–H groups in total. The lowest BCUT2D eigenvalue weighted by Crippen LogP contribution is -2.34. The van der Waals surface area contributed by atoms with E-state index in [1.54, 1.807) is 42.5 Å². The molecule has 0 saturated heterocycles. The molecule has 1 amide bonds. The lowest BCUT2D eigenvalue weighted by Gasteiger charge is -2.11. The molecular weight excluding hydrogens is 403 g/mol. The van der Waals surface area contributed by atoms with Crippen LogP contribution in [0.3, 0.4) is 0 Å². The van der Waals surface area contributed by atoms with Crippen LogP contribution in [-0.2, 0) is 0 Å². The van der Waals surface area contributed by atoms with E-state index in [4.69, 9.17) is 40.2 Å². The standard InChI is InChI=1S/C20H22Cl2N2O2S/c1-2-3-4-5-12-26-16-9-6-14(7-10-16)19(25)24-20(27)23-18-13-15(21)8-11-17(18)22/h6-11,13H,2-5,12H2,1H3,(H2,23,24,25,27).